The molecule has 2 aromatic rings. The molecular formula is C14H12BrClO2S. The Morgan fingerprint density at radius 1 is 1.37 bits per heavy atom. The van der Waals surface area contributed by atoms with Gasteiger partial charge in [-0.3, -0.25) is 9.59 Å². The molecule has 0 aliphatic rings. The number of Topliss-reactive ketones (excluding diaryl/α,β-unsaturated/α-hetero) is 2. The molecule has 2 rings (SSSR count). The Balaban J connectivity index is 2.31. The van der Waals surface area contributed by atoms with Crippen molar-refractivity contribution in [3.8, 4) is 0 Å². The topological polar surface area (TPSA) is 34.1 Å². The second-order valence-corrected chi connectivity index (χ2v) is 6.90. The fourth-order valence-electron chi connectivity index (χ4n) is 1.69. The fourth-order valence-corrected chi connectivity index (χ4v) is 3.39. The van der Waals surface area contributed by atoms with E-state index in [1.165, 1.54) is 18.3 Å². The van der Waals surface area contributed by atoms with E-state index in [1.807, 2.05) is 18.2 Å². The highest BCUT2D eigenvalue weighted by Gasteiger charge is 2.17. The van der Waals surface area contributed by atoms with Crippen LogP contribution in [-0.4, -0.2) is 11.6 Å². The summed E-state index contributed by atoms with van der Waals surface area (Å²) in [5.74, 6) is -0.176. The van der Waals surface area contributed by atoms with Gasteiger partial charge in [0.1, 0.15) is 5.78 Å². The smallest absolute Gasteiger partial charge is 0.173 e. The molecule has 1 aromatic carbocycles. The highest BCUT2D eigenvalue weighted by atomic mass is 79.9. The highest BCUT2D eigenvalue weighted by molar-refractivity contribution is 9.10. The molecule has 0 N–H and O–H groups in total. The van der Waals surface area contributed by atoms with Crippen molar-refractivity contribution in [3.63, 3.8) is 0 Å². The molecule has 2 nitrogen and oxygen atoms in total. The van der Waals surface area contributed by atoms with Crippen molar-refractivity contribution in [1.29, 1.82) is 0 Å². The van der Waals surface area contributed by atoms with E-state index in [0.29, 0.717) is 9.90 Å². The van der Waals surface area contributed by atoms with Crippen LogP contribution in [0.1, 0.15) is 29.9 Å². The summed E-state index contributed by atoms with van der Waals surface area (Å²) in [5, 5.41) is 1.58. The number of halogens is 2. The summed E-state index contributed by atoms with van der Waals surface area (Å²) >= 11 is 10.8. The molecule has 0 fully saturated rings. The van der Waals surface area contributed by atoms with Crippen LogP contribution in [0.3, 0.4) is 0 Å². The Kier molecular flexibility index (Phi) is 4.43. The van der Waals surface area contributed by atoms with E-state index in [4.69, 9.17) is 11.6 Å². The van der Waals surface area contributed by atoms with Gasteiger partial charge in [0.25, 0.3) is 0 Å². The van der Waals surface area contributed by atoms with Gasteiger partial charge in [-0.1, -0.05) is 18.5 Å². The number of thiophene rings is 1. The lowest BCUT2D eigenvalue weighted by molar-refractivity contribution is -0.120. The Morgan fingerprint density at radius 3 is 2.68 bits per heavy atom. The fraction of sp³-hybridized carbons (Fsp3) is 0.286. The van der Waals surface area contributed by atoms with Gasteiger partial charge in [-0.25, -0.2) is 0 Å². The Bertz CT molecular complexity index is 624. The standard InChI is InChI=1S/C14H12BrClO2S/c1-7(8(2)17)3-12(18)14-5-9-4-11(16)10(15)6-13(9)19-14/h4-7H,3H2,1-2H3/t7-/m0/s1. The second kappa shape index (κ2) is 5.73. The lowest BCUT2D eigenvalue weighted by atomic mass is 10.0. The molecule has 1 atom stereocenters. The molecule has 19 heavy (non-hydrogen) atoms. The highest BCUT2D eigenvalue weighted by Crippen LogP contribution is 2.34. The maximum Gasteiger partial charge on any atom is 0.173 e. The van der Waals surface area contributed by atoms with Crippen molar-refractivity contribution in [2.24, 2.45) is 5.92 Å². The molecule has 0 aliphatic heterocycles. The summed E-state index contributed by atoms with van der Waals surface area (Å²) in [6.45, 7) is 3.29. The average Bonchev–Trinajstić information content (AvgIpc) is 2.72. The maximum atomic E-state index is 12.1. The minimum atomic E-state index is -0.229. The molecule has 1 heterocycles. The van der Waals surface area contributed by atoms with Crippen molar-refractivity contribution >= 4 is 60.5 Å². The van der Waals surface area contributed by atoms with Crippen LogP contribution >= 0.6 is 38.9 Å². The number of hydrogen-bond acceptors (Lipinski definition) is 3. The molecule has 1 aromatic heterocycles. The van der Waals surface area contributed by atoms with E-state index in [1.54, 1.807) is 6.92 Å². The van der Waals surface area contributed by atoms with E-state index in [-0.39, 0.29) is 23.9 Å². The van der Waals surface area contributed by atoms with Gasteiger partial charge in [0.05, 0.1) is 9.90 Å². The number of benzene rings is 1. The van der Waals surface area contributed by atoms with Crippen LogP contribution < -0.4 is 0 Å². The minimum absolute atomic E-state index is 0.0103. The van der Waals surface area contributed by atoms with E-state index in [2.05, 4.69) is 15.9 Å². The number of rotatable bonds is 4. The molecule has 0 amide bonds. The normalized spacial score (nSPS) is 12.6. The molecule has 5 heteroatoms. The molecule has 0 saturated carbocycles. The molecule has 0 spiro atoms. The van der Waals surface area contributed by atoms with Crippen LogP contribution in [0.5, 0.6) is 0 Å². The molecule has 0 radical (unpaired) electrons. The van der Waals surface area contributed by atoms with Gasteiger partial charge in [0.15, 0.2) is 5.78 Å². The molecule has 100 valence electrons. The van der Waals surface area contributed by atoms with Crippen LogP contribution in [0.25, 0.3) is 10.1 Å². The summed E-state index contributed by atoms with van der Waals surface area (Å²) in [4.78, 5) is 24.0. The Labute approximate surface area is 128 Å². The van der Waals surface area contributed by atoms with Gasteiger partial charge in [-0.05, 0) is 46.4 Å². The predicted molar refractivity (Wildman–Crippen MR) is 83.3 cm³/mol. The molecule has 0 bridgehead atoms. The van der Waals surface area contributed by atoms with E-state index in [9.17, 15) is 9.59 Å². The zero-order chi connectivity index (χ0) is 14.2. The van der Waals surface area contributed by atoms with Crippen molar-refractivity contribution in [1.82, 2.24) is 0 Å². The third-order valence-corrected chi connectivity index (χ3v) is 5.36. The van der Waals surface area contributed by atoms with Gasteiger partial charge in [-0.2, -0.15) is 0 Å². The van der Waals surface area contributed by atoms with E-state index in [0.717, 1.165) is 14.6 Å². The van der Waals surface area contributed by atoms with Crippen LogP contribution in [0.15, 0.2) is 22.7 Å². The van der Waals surface area contributed by atoms with Gasteiger partial charge >= 0.3 is 0 Å². The quantitative estimate of drug-likeness (QED) is 0.710. The number of carbonyl (C=O) groups is 2. The van der Waals surface area contributed by atoms with Gasteiger partial charge in [0.2, 0.25) is 0 Å². The average molecular weight is 360 g/mol. The van der Waals surface area contributed by atoms with Gasteiger partial charge in [-0.15, -0.1) is 11.3 Å². The maximum absolute atomic E-state index is 12.1. The Morgan fingerprint density at radius 2 is 2.05 bits per heavy atom. The van der Waals surface area contributed by atoms with Crippen LogP contribution in [-0.2, 0) is 4.79 Å². The lowest BCUT2D eigenvalue weighted by Gasteiger charge is -2.04. The van der Waals surface area contributed by atoms with Crippen molar-refractivity contribution < 1.29 is 9.59 Å². The monoisotopic (exact) mass is 358 g/mol. The summed E-state index contributed by atoms with van der Waals surface area (Å²) in [6, 6.07) is 5.59. The SMILES string of the molecule is CC(=O)[C@@H](C)CC(=O)c1cc2cc(Cl)c(Br)cc2s1. The van der Waals surface area contributed by atoms with Crippen LogP contribution in [0.4, 0.5) is 0 Å². The van der Waals surface area contributed by atoms with E-state index < -0.39 is 0 Å². The predicted octanol–water partition coefficient (Wildman–Crippen LogP) is 5.12. The zero-order valence-electron chi connectivity index (χ0n) is 10.5. The Hall–Kier alpha value is -0.710. The number of ketones is 2. The molecule has 0 saturated heterocycles. The first-order chi connectivity index (χ1) is 8.88. The second-order valence-electron chi connectivity index (χ2n) is 4.55. The number of hydrogen-bond donors (Lipinski definition) is 0. The number of fused-ring (bicyclic) bond motifs is 1. The lowest BCUT2D eigenvalue weighted by Crippen LogP contribution is -2.11. The first-order valence-corrected chi connectivity index (χ1v) is 7.79. The first kappa shape index (κ1) is 14.7. The first-order valence-electron chi connectivity index (χ1n) is 5.80. The zero-order valence-corrected chi connectivity index (χ0v) is 13.7. The summed E-state index contributed by atoms with van der Waals surface area (Å²) in [7, 11) is 0. The summed E-state index contributed by atoms with van der Waals surface area (Å²) in [5.41, 5.74) is 0. The number of carbonyl (C=O) groups excluding carboxylic acids is 2. The molecular weight excluding hydrogens is 348 g/mol. The van der Waals surface area contributed by atoms with Crippen LogP contribution in [0.2, 0.25) is 5.02 Å². The summed E-state index contributed by atoms with van der Waals surface area (Å²) < 4.78 is 1.83. The third kappa shape index (κ3) is 3.25. The molecule has 0 aliphatic carbocycles. The van der Waals surface area contributed by atoms with Crippen LogP contribution in [0, 0.1) is 5.92 Å². The van der Waals surface area contributed by atoms with Gasteiger partial charge in [0, 0.05) is 21.5 Å². The van der Waals surface area contributed by atoms with Crippen molar-refractivity contribution in [3.05, 3.63) is 32.6 Å². The largest absolute Gasteiger partial charge is 0.300 e. The van der Waals surface area contributed by atoms with Crippen molar-refractivity contribution in [2.45, 2.75) is 20.3 Å². The third-order valence-electron chi connectivity index (χ3n) is 3.02. The minimum Gasteiger partial charge on any atom is -0.300 e. The van der Waals surface area contributed by atoms with Gasteiger partial charge < -0.3 is 0 Å². The summed E-state index contributed by atoms with van der Waals surface area (Å²) in [6.07, 6.45) is 0.261. The van der Waals surface area contributed by atoms with Crippen molar-refractivity contribution in [2.75, 3.05) is 0 Å². The molecule has 0 unspecified atom stereocenters. The van der Waals surface area contributed by atoms with E-state index >= 15 is 0 Å².